The van der Waals surface area contributed by atoms with Gasteiger partial charge in [0.15, 0.2) is 0 Å². The van der Waals surface area contributed by atoms with E-state index in [-0.39, 0.29) is 23.7 Å². The van der Waals surface area contributed by atoms with Gasteiger partial charge in [0.05, 0.1) is 5.41 Å². The smallest absolute Gasteiger partial charge is 0.426 e. The molecule has 1 heterocycles. The fourth-order valence-electron chi connectivity index (χ4n) is 8.91. The van der Waals surface area contributed by atoms with E-state index in [1.807, 2.05) is 24.8 Å². The number of carboxylic acids is 1. The molecule has 7 rings (SSSR count). The Labute approximate surface area is 255 Å². The van der Waals surface area contributed by atoms with E-state index >= 15 is 4.39 Å². The standard InChI is InChI=1S/C35H40F5NO3/c1-21(2)25-18-22(4-8-27(25)36)20-34-16-17-41(29(42)32-10-13-33(14-11-32,15-12-32)30(43)44)28(34)9-5-23-19-24(6-7-26(23)34)31(3,37)35(38,39)40/h4,6-8,18-19,21,28H,5,9-17,20H2,1-3H3,(H,43,44). The summed E-state index contributed by atoms with van der Waals surface area (Å²) in [6, 6.07) is 9.03. The van der Waals surface area contributed by atoms with Gasteiger partial charge in [0.2, 0.25) is 11.6 Å². The molecule has 4 nitrogen and oxygen atoms in total. The van der Waals surface area contributed by atoms with Gasteiger partial charge in [-0.3, -0.25) is 9.59 Å². The molecule has 2 aromatic carbocycles. The quantitative estimate of drug-likeness (QED) is 0.333. The van der Waals surface area contributed by atoms with Gasteiger partial charge in [0.1, 0.15) is 5.82 Å². The molecule has 3 atom stereocenters. The average molecular weight is 618 g/mol. The number of carbonyl (C=O) groups excluding carboxylic acids is 1. The summed E-state index contributed by atoms with van der Waals surface area (Å²) in [7, 11) is 0. The van der Waals surface area contributed by atoms with Gasteiger partial charge in [0.25, 0.3) is 0 Å². The number of carboxylic acid groups (broad SMARTS) is 1. The first-order valence-electron chi connectivity index (χ1n) is 15.8. The van der Waals surface area contributed by atoms with Crippen molar-refractivity contribution in [2.24, 2.45) is 10.8 Å². The van der Waals surface area contributed by atoms with Crippen LogP contribution in [0.1, 0.15) is 106 Å². The van der Waals surface area contributed by atoms with Crippen LogP contribution in [0.15, 0.2) is 36.4 Å². The van der Waals surface area contributed by atoms with Crippen molar-refractivity contribution < 1.29 is 36.6 Å². The van der Waals surface area contributed by atoms with Gasteiger partial charge in [-0.25, -0.2) is 8.78 Å². The molecular weight excluding hydrogens is 577 g/mol. The summed E-state index contributed by atoms with van der Waals surface area (Å²) in [5.74, 6) is -1.07. The van der Waals surface area contributed by atoms with E-state index in [0.29, 0.717) is 88.8 Å². The second kappa shape index (κ2) is 10.3. The first kappa shape index (κ1) is 31.0. The Hall–Kier alpha value is -2.97. The zero-order valence-corrected chi connectivity index (χ0v) is 25.5. The van der Waals surface area contributed by atoms with E-state index < -0.39 is 39.6 Å². The van der Waals surface area contributed by atoms with Gasteiger partial charge in [-0.1, -0.05) is 44.2 Å². The van der Waals surface area contributed by atoms with Crippen LogP contribution in [0.4, 0.5) is 22.0 Å². The summed E-state index contributed by atoms with van der Waals surface area (Å²) in [6.45, 7) is 4.85. The molecule has 0 radical (unpaired) electrons. The van der Waals surface area contributed by atoms with Crippen LogP contribution in [0, 0.1) is 16.6 Å². The van der Waals surface area contributed by atoms with E-state index in [1.165, 1.54) is 18.2 Å². The third-order valence-electron chi connectivity index (χ3n) is 11.8. The van der Waals surface area contributed by atoms with Gasteiger partial charge in [0, 0.05) is 23.4 Å². The van der Waals surface area contributed by atoms with E-state index in [4.69, 9.17) is 0 Å². The lowest BCUT2D eigenvalue weighted by Gasteiger charge is -2.52. The van der Waals surface area contributed by atoms with Crippen LogP contribution < -0.4 is 0 Å². The number of aryl methyl sites for hydroxylation is 1. The number of carbonyl (C=O) groups is 2. The van der Waals surface area contributed by atoms with Gasteiger partial charge in [-0.2, -0.15) is 13.2 Å². The highest BCUT2D eigenvalue weighted by molar-refractivity contribution is 5.86. The minimum absolute atomic E-state index is 0.0506. The largest absolute Gasteiger partial charge is 0.481 e. The number of alkyl halides is 4. The molecule has 5 aliphatic rings. The van der Waals surface area contributed by atoms with E-state index in [0.717, 1.165) is 11.1 Å². The fourth-order valence-corrected chi connectivity index (χ4v) is 8.91. The minimum Gasteiger partial charge on any atom is -0.481 e. The van der Waals surface area contributed by atoms with Gasteiger partial charge >= 0.3 is 12.1 Å². The second-order valence-corrected chi connectivity index (χ2v) is 14.4. The topological polar surface area (TPSA) is 57.6 Å². The third-order valence-corrected chi connectivity index (χ3v) is 11.8. The van der Waals surface area contributed by atoms with Crippen LogP contribution >= 0.6 is 0 Å². The van der Waals surface area contributed by atoms with Crippen LogP contribution in [0.5, 0.6) is 0 Å². The second-order valence-electron chi connectivity index (χ2n) is 14.4. The number of aliphatic carboxylic acids is 1. The van der Waals surface area contributed by atoms with Crippen molar-refractivity contribution in [3.05, 3.63) is 70.0 Å². The van der Waals surface area contributed by atoms with Crippen molar-refractivity contribution in [3.63, 3.8) is 0 Å². The number of hydrogen-bond acceptors (Lipinski definition) is 2. The SMILES string of the molecule is CC(C)c1cc(CC23CCN(C(=O)C45CCC(C(=O)O)(CC4)CC5)C2CCc2cc(C(C)(F)C(F)(F)F)ccc23)ccc1F. The summed E-state index contributed by atoms with van der Waals surface area (Å²) >= 11 is 0. The first-order chi connectivity index (χ1) is 20.6. The number of likely N-dealkylation sites (tertiary alicyclic amines) is 1. The Morgan fingerprint density at radius 3 is 2.18 bits per heavy atom. The highest BCUT2D eigenvalue weighted by Gasteiger charge is 2.60. The molecule has 4 aliphatic carbocycles. The Morgan fingerprint density at radius 1 is 0.955 bits per heavy atom. The van der Waals surface area contributed by atoms with Crippen molar-refractivity contribution in [1.29, 1.82) is 0 Å². The Kier molecular flexibility index (Phi) is 7.25. The lowest BCUT2D eigenvalue weighted by atomic mass is 9.53. The number of hydrogen-bond donors (Lipinski definition) is 1. The van der Waals surface area contributed by atoms with Crippen LogP contribution in [-0.4, -0.2) is 40.6 Å². The Bertz CT molecular complexity index is 1470. The highest BCUT2D eigenvalue weighted by Crippen LogP contribution is 2.59. The molecular formula is C35H40F5NO3. The molecule has 44 heavy (non-hydrogen) atoms. The Balaban J connectivity index is 1.39. The van der Waals surface area contributed by atoms with Crippen molar-refractivity contribution in [2.75, 3.05) is 6.54 Å². The molecule has 2 bridgehead atoms. The monoisotopic (exact) mass is 617 g/mol. The molecule has 238 valence electrons. The van der Waals surface area contributed by atoms with Crippen LogP contribution in [0.25, 0.3) is 0 Å². The predicted molar refractivity (Wildman–Crippen MR) is 155 cm³/mol. The number of benzene rings is 2. The number of nitrogens with zero attached hydrogens (tertiary/aromatic N) is 1. The van der Waals surface area contributed by atoms with Gasteiger partial charge in [-0.15, -0.1) is 0 Å². The molecule has 1 saturated heterocycles. The van der Waals surface area contributed by atoms with E-state index in [2.05, 4.69) is 0 Å². The number of halogens is 5. The molecule has 1 N–H and O–H groups in total. The van der Waals surface area contributed by atoms with E-state index in [9.17, 15) is 32.3 Å². The number of rotatable bonds is 6. The molecule has 0 spiro atoms. The maximum absolute atomic E-state index is 15.1. The summed E-state index contributed by atoms with van der Waals surface area (Å²) < 4.78 is 70.6. The first-order valence-corrected chi connectivity index (χ1v) is 15.8. The normalized spacial score (nSPS) is 31.0. The van der Waals surface area contributed by atoms with Crippen LogP contribution in [0.2, 0.25) is 0 Å². The fraction of sp³-hybridized carbons (Fsp3) is 0.600. The summed E-state index contributed by atoms with van der Waals surface area (Å²) in [4.78, 5) is 28.4. The predicted octanol–water partition coefficient (Wildman–Crippen LogP) is 8.15. The number of fused-ring (bicyclic) bond motifs is 6. The summed E-state index contributed by atoms with van der Waals surface area (Å²) in [5.41, 5.74) is -2.95. The van der Waals surface area contributed by atoms with E-state index in [1.54, 1.807) is 12.1 Å². The molecule has 4 fully saturated rings. The van der Waals surface area contributed by atoms with Gasteiger partial charge < -0.3 is 10.0 Å². The molecule has 1 amide bonds. The molecule has 2 aromatic rings. The highest BCUT2D eigenvalue weighted by atomic mass is 19.4. The number of amides is 1. The lowest BCUT2D eigenvalue weighted by Crippen LogP contribution is -2.56. The van der Waals surface area contributed by atoms with Crippen molar-refractivity contribution in [3.8, 4) is 0 Å². The summed E-state index contributed by atoms with van der Waals surface area (Å²) in [6.07, 6.45) is -0.0301. The van der Waals surface area contributed by atoms with Crippen molar-refractivity contribution in [2.45, 2.75) is 114 Å². The molecule has 3 saturated carbocycles. The zero-order valence-electron chi connectivity index (χ0n) is 25.5. The molecule has 1 aliphatic heterocycles. The maximum atomic E-state index is 15.1. The van der Waals surface area contributed by atoms with Gasteiger partial charge in [-0.05, 0) is 111 Å². The van der Waals surface area contributed by atoms with Crippen molar-refractivity contribution >= 4 is 11.9 Å². The van der Waals surface area contributed by atoms with Crippen LogP contribution in [0.3, 0.4) is 0 Å². The third kappa shape index (κ3) is 4.58. The minimum atomic E-state index is -5.06. The average Bonchev–Trinajstić information content (AvgIpc) is 3.36. The zero-order chi connectivity index (χ0) is 31.9. The van der Waals surface area contributed by atoms with Crippen molar-refractivity contribution in [1.82, 2.24) is 4.90 Å². The Morgan fingerprint density at radius 2 is 1.59 bits per heavy atom. The molecule has 0 aromatic heterocycles. The lowest BCUT2D eigenvalue weighted by molar-refractivity contribution is -0.228. The molecule has 3 unspecified atom stereocenters. The van der Waals surface area contributed by atoms with Crippen LogP contribution in [-0.2, 0) is 33.5 Å². The molecule has 9 heteroatoms. The maximum Gasteiger partial charge on any atom is 0.426 e. The summed E-state index contributed by atoms with van der Waals surface area (Å²) in [5, 5.41) is 9.85.